The van der Waals surface area contributed by atoms with Crippen LogP contribution in [0.2, 0.25) is 0 Å². The zero-order valence-electron chi connectivity index (χ0n) is 10.1. The van der Waals surface area contributed by atoms with E-state index in [4.69, 9.17) is 4.74 Å². The van der Waals surface area contributed by atoms with Crippen molar-refractivity contribution in [2.45, 2.75) is 27.0 Å². The van der Waals surface area contributed by atoms with Crippen LogP contribution in [0.25, 0.3) is 10.9 Å². The summed E-state index contributed by atoms with van der Waals surface area (Å²) in [7, 11) is 0. The Labute approximate surface area is 100.0 Å². The van der Waals surface area contributed by atoms with E-state index < -0.39 is 0 Å². The molecule has 0 unspecified atom stereocenters. The number of nitrogens with zero attached hydrogens (tertiary/aromatic N) is 1. The van der Waals surface area contributed by atoms with Gasteiger partial charge in [-0.25, -0.2) is 0 Å². The van der Waals surface area contributed by atoms with E-state index in [0.29, 0.717) is 6.61 Å². The summed E-state index contributed by atoms with van der Waals surface area (Å²) in [5, 5.41) is 1.06. The number of carbonyl (C=O) groups is 1. The molecule has 2 aromatic rings. The van der Waals surface area contributed by atoms with Crippen LogP contribution in [0.3, 0.4) is 0 Å². The van der Waals surface area contributed by atoms with Gasteiger partial charge in [0.1, 0.15) is 0 Å². The van der Waals surface area contributed by atoms with Gasteiger partial charge in [-0.05, 0) is 37.1 Å². The summed E-state index contributed by atoms with van der Waals surface area (Å²) in [6.07, 6.45) is 0.956. The highest BCUT2D eigenvalue weighted by atomic mass is 16.5. The van der Waals surface area contributed by atoms with E-state index in [1.54, 1.807) is 0 Å². The second-order valence-electron chi connectivity index (χ2n) is 4.64. The summed E-state index contributed by atoms with van der Waals surface area (Å²) in [6.45, 7) is 6.29. The molecule has 0 spiro atoms. The van der Waals surface area contributed by atoms with Crippen molar-refractivity contribution in [1.82, 2.24) is 4.57 Å². The predicted octanol–water partition coefficient (Wildman–Crippen LogP) is 2.60. The molecule has 17 heavy (non-hydrogen) atoms. The van der Waals surface area contributed by atoms with Crippen molar-refractivity contribution in [3.63, 3.8) is 0 Å². The van der Waals surface area contributed by atoms with E-state index in [2.05, 4.69) is 30.5 Å². The molecule has 0 aliphatic carbocycles. The SMILES string of the molecule is Cc1cc2c(C=O)c3n(c2cc1C)CCOC3. The lowest BCUT2D eigenvalue weighted by Crippen LogP contribution is -2.16. The van der Waals surface area contributed by atoms with E-state index in [1.807, 2.05) is 0 Å². The molecule has 0 saturated heterocycles. The second kappa shape index (κ2) is 3.70. The molecule has 3 nitrogen and oxygen atoms in total. The Kier molecular flexibility index (Phi) is 2.30. The molecule has 1 aliphatic heterocycles. The first-order valence-corrected chi connectivity index (χ1v) is 5.87. The Morgan fingerprint density at radius 3 is 2.82 bits per heavy atom. The third-order valence-corrected chi connectivity index (χ3v) is 3.65. The third kappa shape index (κ3) is 1.42. The predicted molar refractivity (Wildman–Crippen MR) is 66.5 cm³/mol. The Balaban J connectivity index is 2.43. The van der Waals surface area contributed by atoms with Crippen molar-refractivity contribution < 1.29 is 9.53 Å². The van der Waals surface area contributed by atoms with Gasteiger partial charge in [0.15, 0.2) is 6.29 Å². The van der Waals surface area contributed by atoms with Crippen molar-refractivity contribution >= 4 is 17.2 Å². The zero-order valence-corrected chi connectivity index (χ0v) is 10.1. The fourth-order valence-electron chi connectivity index (χ4n) is 2.55. The number of aldehydes is 1. The molecule has 3 heteroatoms. The molecule has 2 heterocycles. The van der Waals surface area contributed by atoms with Gasteiger partial charge in [-0.2, -0.15) is 0 Å². The number of aromatic nitrogens is 1. The second-order valence-corrected chi connectivity index (χ2v) is 4.64. The van der Waals surface area contributed by atoms with E-state index in [-0.39, 0.29) is 0 Å². The minimum atomic E-state index is 0.543. The van der Waals surface area contributed by atoms with Gasteiger partial charge in [0.25, 0.3) is 0 Å². The molecule has 0 fully saturated rings. The lowest BCUT2D eigenvalue weighted by atomic mass is 10.0. The van der Waals surface area contributed by atoms with Gasteiger partial charge in [-0.3, -0.25) is 4.79 Å². The van der Waals surface area contributed by atoms with Gasteiger partial charge in [0.05, 0.1) is 18.9 Å². The summed E-state index contributed by atoms with van der Waals surface area (Å²) in [5.41, 5.74) is 5.47. The minimum Gasteiger partial charge on any atom is -0.373 e. The van der Waals surface area contributed by atoms with Crippen LogP contribution in [0.15, 0.2) is 12.1 Å². The largest absolute Gasteiger partial charge is 0.373 e. The number of aryl methyl sites for hydroxylation is 2. The Morgan fingerprint density at radius 2 is 2.06 bits per heavy atom. The number of ether oxygens (including phenoxy) is 1. The van der Waals surface area contributed by atoms with Crippen molar-refractivity contribution in [2.75, 3.05) is 6.61 Å². The quantitative estimate of drug-likeness (QED) is 0.704. The average Bonchev–Trinajstić information content (AvgIpc) is 2.63. The molecule has 1 aromatic carbocycles. The van der Waals surface area contributed by atoms with Crippen LogP contribution in [0.5, 0.6) is 0 Å². The van der Waals surface area contributed by atoms with Crippen LogP contribution in [0, 0.1) is 13.8 Å². The fourth-order valence-corrected chi connectivity index (χ4v) is 2.55. The smallest absolute Gasteiger partial charge is 0.152 e. The number of hydrogen-bond donors (Lipinski definition) is 0. The maximum atomic E-state index is 11.3. The maximum absolute atomic E-state index is 11.3. The molecule has 0 atom stereocenters. The molecule has 3 rings (SSSR count). The van der Waals surface area contributed by atoms with E-state index >= 15 is 0 Å². The van der Waals surface area contributed by atoms with Crippen LogP contribution in [-0.2, 0) is 17.9 Å². The van der Waals surface area contributed by atoms with Gasteiger partial charge < -0.3 is 9.30 Å². The first-order chi connectivity index (χ1) is 8.22. The monoisotopic (exact) mass is 229 g/mol. The first-order valence-electron chi connectivity index (χ1n) is 5.87. The van der Waals surface area contributed by atoms with Gasteiger partial charge >= 0.3 is 0 Å². The van der Waals surface area contributed by atoms with Crippen LogP contribution < -0.4 is 0 Å². The van der Waals surface area contributed by atoms with Crippen molar-refractivity contribution in [2.24, 2.45) is 0 Å². The summed E-state index contributed by atoms with van der Waals surface area (Å²) in [5.74, 6) is 0. The summed E-state index contributed by atoms with van der Waals surface area (Å²) < 4.78 is 7.67. The topological polar surface area (TPSA) is 31.2 Å². The van der Waals surface area contributed by atoms with Crippen LogP contribution in [-0.4, -0.2) is 17.5 Å². The summed E-state index contributed by atoms with van der Waals surface area (Å²) in [4.78, 5) is 11.3. The highest BCUT2D eigenvalue weighted by molar-refractivity contribution is 6.00. The van der Waals surface area contributed by atoms with Gasteiger partial charge in [0.2, 0.25) is 0 Å². The highest BCUT2D eigenvalue weighted by Crippen LogP contribution is 2.29. The van der Waals surface area contributed by atoms with E-state index in [1.165, 1.54) is 11.1 Å². The average molecular weight is 229 g/mol. The van der Waals surface area contributed by atoms with E-state index in [0.717, 1.165) is 41.6 Å². The molecule has 0 N–H and O–H groups in total. The molecule has 88 valence electrons. The van der Waals surface area contributed by atoms with Crippen LogP contribution in [0.1, 0.15) is 27.2 Å². The number of benzene rings is 1. The van der Waals surface area contributed by atoms with Crippen LogP contribution in [0.4, 0.5) is 0 Å². The Hall–Kier alpha value is -1.61. The molecule has 1 aromatic heterocycles. The molecular weight excluding hydrogens is 214 g/mol. The molecule has 1 aliphatic rings. The Morgan fingerprint density at radius 1 is 1.29 bits per heavy atom. The molecule has 0 saturated carbocycles. The minimum absolute atomic E-state index is 0.543. The molecular formula is C14H15NO2. The van der Waals surface area contributed by atoms with Crippen LogP contribution >= 0.6 is 0 Å². The number of fused-ring (bicyclic) bond motifs is 3. The molecule has 0 radical (unpaired) electrons. The fraction of sp³-hybridized carbons (Fsp3) is 0.357. The number of carbonyl (C=O) groups excluding carboxylic acids is 1. The normalized spacial score (nSPS) is 14.9. The molecule has 0 amide bonds. The summed E-state index contributed by atoms with van der Waals surface area (Å²) in [6, 6.07) is 4.28. The highest BCUT2D eigenvalue weighted by Gasteiger charge is 2.20. The standard InChI is InChI=1S/C14H15NO2/c1-9-5-11-12(7-16)14-8-17-4-3-15(14)13(11)6-10(9)2/h5-7H,3-4,8H2,1-2H3. The maximum Gasteiger partial charge on any atom is 0.152 e. The lowest BCUT2D eigenvalue weighted by Gasteiger charge is -2.17. The Bertz CT molecular complexity index is 610. The number of rotatable bonds is 1. The van der Waals surface area contributed by atoms with Crippen molar-refractivity contribution in [1.29, 1.82) is 0 Å². The molecule has 0 bridgehead atoms. The van der Waals surface area contributed by atoms with Crippen molar-refractivity contribution in [3.05, 3.63) is 34.5 Å². The zero-order chi connectivity index (χ0) is 12.0. The lowest BCUT2D eigenvalue weighted by molar-refractivity contribution is 0.0849. The summed E-state index contributed by atoms with van der Waals surface area (Å²) >= 11 is 0. The number of hydrogen-bond acceptors (Lipinski definition) is 2. The van der Waals surface area contributed by atoms with Gasteiger partial charge in [-0.1, -0.05) is 0 Å². The van der Waals surface area contributed by atoms with Gasteiger partial charge in [-0.15, -0.1) is 0 Å². The van der Waals surface area contributed by atoms with E-state index in [9.17, 15) is 4.79 Å². The first kappa shape index (κ1) is 10.5. The van der Waals surface area contributed by atoms with Crippen molar-refractivity contribution in [3.8, 4) is 0 Å². The third-order valence-electron chi connectivity index (χ3n) is 3.65. The van der Waals surface area contributed by atoms with Gasteiger partial charge in [0, 0.05) is 23.0 Å².